The van der Waals surface area contributed by atoms with Crippen LogP contribution in [0.3, 0.4) is 0 Å². The predicted molar refractivity (Wildman–Crippen MR) is 59.5 cm³/mol. The molecule has 0 bridgehead atoms. The Hall–Kier alpha value is -0.610. The Kier molecular flexibility index (Phi) is 5.65. The molecule has 88 valence electrons. The molecule has 1 aliphatic heterocycles. The number of carbonyl (C=O) groups is 1. The number of carbonyl (C=O) groups excluding carboxylic acids is 1. The Labute approximate surface area is 91.8 Å². The number of nitrogens with zero attached hydrogens (tertiary/aromatic N) is 1. The molecule has 0 aromatic rings. The van der Waals surface area contributed by atoms with Gasteiger partial charge in [0.25, 0.3) is 0 Å². The number of nitrogens with two attached hydrogens (primary N) is 1. The van der Waals surface area contributed by atoms with Gasteiger partial charge >= 0.3 is 0 Å². The van der Waals surface area contributed by atoms with Crippen molar-refractivity contribution in [3.63, 3.8) is 0 Å². The van der Waals surface area contributed by atoms with E-state index in [9.17, 15) is 4.79 Å². The van der Waals surface area contributed by atoms with E-state index in [2.05, 4.69) is 0 Å². The van der Waals surface area contributed by atoms with Gasteiger partial charge in [-0.2, -0.15) is 0 Å². The molecule has 0 radical (unpaired) electrons. The molecule has 1 rings (SSSR count). The van der Waals surface area contributed by atoms with Crippen LogP contribution < -0.4 is 5.73 Å². The number of rotatable bonds is 5. The van der Waals surface area contributed by atoms with E-state index in [4.69, 9.17) is 10.5 Å². The third kappa shape index (κ3) is 4.18. The molecule has 1 aliphatic rings. The maximum Gasteiger partial charge on any atom is 0.222 e. The summed E-state index contributed by atoms with van der Waals surface area (Å²) < 4.78 is 5.46. The molecule has 2 N–H and O–H groups in total. The molecule has 0 aromatic carbocycles. The fourth-order valence-corrected chi connectivity index (χ4v) is 1.91. The molecule has 1 heterocycles. The summed E-state index contributed by atoms with van der Waals surface area (Å²) in [6, 6.07) is 0. The third-order valence-electron chi connectivity index (χ3n) is 2.76. The Morgan fingerprint density at radius 2 is 2.27 bits per heavy atom. The summed E-state index contributed by atoms with van der Waals surface area (Å²) in [7, 11) is 0. The SMILES string of the molecule is CCOC(CN)CN1CCCCCC1=O. The van der Waals surface area contributed by atoms with Crippen LogP contribution >= 0.6 is 0 Å². The molecule has 4 heteroatoms. The highest BCUT2D eigenvalue weighted by atomic mass is 16.5. The van der Waals surface area contributed by atoms with Crippen LogP contribution in [-0.2, 0) is 9.53 Å². The predicted octanol–water partition coefficient (Wildman–Crippen LogP) is 0.753. The van der Waals surface area contributed by atoms with Crippen molar-refractivity contribution < 1.29 is 9.53 Å². The average molecular weight is 214 g/mol. The largest absolute Gasteiger partial charge is 0.375 e. The first-order valence-electron chi connectivity index (χ1n) is 5.87. The average Bonchev–Trinajstić information content (AvgIpc) is 2.43. The molecule has 1 unspecified atom stereocenters. The lowest BCUT2D eigenvalue weighted by atomic mass is 10.2. The number of likely N-dealkylation sites (tertiary alicyclic amines) is 1. The minimum atomic E-state index is -0.00273. The van der Waals surface area contributed by atoms with E-state index in [1.807, 2.05) is 11.8 Å². The molecule has 15 heavy (non-hydrogen) atoms. The molecule has 1 atom stereocenters. The van der Waals surface area contributed by atoms with Crippen molar-refractivity contribution in [1.29, 1.82) is 0 Å². The van der Waals surface area contributed by atoms with Crippen molar-refractivity contribution in [3.05, 3.63) is 0 Å². The van der Waals surface area contributed by atoms with Crippen LogP contribution in [0.1, 0.15) is 32.6 Å². The van der Waals surface area contributed by atoms with Gasteiger partial charge in [0, 0.05) is 32.7 Å². The number of hydrogen-bond acceptors (Lipinski definition) is 3. The second-order valence-corrected chi connectivity index (χ2v) is 3.96. The summed E-state index contributed by atoms with van der Waals surface area (Å²) >= 11 is 0. The summed E-state index contributed by atoms with van der Waals surface area (Å²) in [6.45, 7) is 4.61. The summed E-state index contributed by atoms with van der Waals surface area (Å²) in [5.74, 6) is 0.255. The zero-order valence-electron chi connectivity index (χ0n) is 9.58. The fourth-order valence-electron chi connectivity index (χ4n) is 1.91. The van der Waals surface area contributed by atoms with Gasteiger partial charge in [0.1, 0.15) is 0 Å². The highest BCUT2D eigenvalue weighted by molar-refractivity contribution is 5.76. The van der Waals surface area contributed by atoms with Crippen molar-refractivity contribution >= 4 is 5.91 Å². The van der Waals surface area contributed by atoms with E-state index in [0.29, 0.717) is 26.1 Å². The highest BCUT2D eigenvalue weighted by Gasteiger charge is 2.19. The monoisotopic (exact) mass is 214 g/mol. The lowest BCUT2D eigenvalue weighted by Crippen LogP contribution is -2.41. The Morgan fingerprint density at radius 3 is 2.93 bits per heavy atom. The fraction of sp³-hybridized carbons (Fsp3) is 0.909. The summed E-state index contributed by atoms with van der Waals surface area (Å²) in [5, 5.41) is 0. The second-order valence-electron chi connectivity index (χ2n) is 3.96. The smallest absolute Gasteiger partial charge is 0.222 e. The van der Waals surface area contributed by atoms with Gasteiger partial charge in [-0.05, 0) is 19.8 Å². The quantitative estimate of drug-likeness (QED) is 0.735. The van der Waals surface area contributed by atoms with Crippen LogP contribution in [0.2, 0.25) is 0 Å². The van der Waals surface area contributed by atoms with Gasteiger partial charge in [-0.3, -0.25) is 4.79 Å². The third-order valence-corrected chi connectivity index (χ3v) is 2.76. The van der Waals surface area contributed by atoms with E-state index in [1.165, 1.54) is 0 Å². The maximum absolute atomic E-state index is 11.7. The van der Waals surface area contributed by atoms with E-state index in [0.717, 1.165) is 25.8 Å². The zero-order valence-corrected chi connectivity index (χ0v) is 9.58. The summed E-state index contributed by atoms with van der Waals surface area (Å²) in [5.41, 5.74) is 5.60. The lowest BCUT2D eigenvalue weighted by molar-refractivity contribution is -0.132. The molecule has 4 nitrogen and oxygen atoms in total. The molecule has 1 amide bonds. The van der Waals surface area contributed by atoms with E-state index < -0.39 is 0 Å². The van der Waals surface area contributed by atoms with E-state index in [1.54, 1.807) is 0 Å². The van der Waals surface area contributed by atoms with Gasteiger partial charge in [-0.15, -0.1) is 0 Å². The normalized spacial score (nSPS) is 20.1. The van der Waals surface area contributed by atoms with Gasteiger partial charge < -0.3 is 15.4 Å². The first-order chi connectivity index (χ1) is 7.27. The Balaban J connectivity index is 2.42. The molecule has 0 aromatic heterocycles. The van der Waals surface area contributed by atoms with Crippen molar-refractivity contribution in [2.24, 2.45) is 5.73 Å². The maximum atomic E-state index is 11.7. The highest BCUT2D eigenvalue weighted by Crippen LogP contribution is 2.11. The van der Waals surface area contributed by atoms with Crippen LogP contribution in [0, 0.1) is 0 Å². The zero-order chi connectivity index (χ0) is 11.1. The molecule has 0 spiro atoms. The van der Waals surface area contributed by atoms with Crippen LogP contribution in [0.25, 0.3) is 0 Å². The number of ether oxygens (including phenoxy) is 1. The van der Waals surface area contributed by atoms with E-state index in [-0.39, 0.29) is 12.0 Å². The van der Waals surface area contributed by atoms with Crippen LogP contribution in [-0.4, -0.2) is 43.2 Å². The van der Waals surface area contributed by atoms with Gasteiger partial charge in [0.2, 0.25) is 5.91 Å². The lowest BCUT2D eigenvalue weighted by Gasteiger charge is -2.25. The molecule has 1 saturated heterocycles. The van der Waals surface area contributed by atoms with Crippen LogP contribution in [0.5, 0.6) is 0 Å². The van der Waals surface area contributed by atoms with Crippen LogP contribution in [0.15, 0.2) is 0 Å². The second kappa shape index (κ2) is 6.80. The molecule has 0 aliphatic carbocycles. The number of hydrogen-bond donors (Lipinski definition) is 1. The van der Waals surface area contributed by atoms with E-state index >= 15 is 0 Å². The molecule has 1 fully saturated rings. The van der Waals surface area contributed by atoms with Crippen molar-refractivity contribution in [1.82, 2.24) is 4.90 Å². The number of amides is 1. The van der Waals surface area contributed by atoms with Crippen molar-refractivity contribution in [2.45, 2.75) is 38.7 Å². The van der Waals surface area contributed by atoms with Gasteiger partial charge in [0.15, 0.2) is 0 Å². The minimum Gasteiger partial charge on any atom is -0.375 e. The topological polar surface area (TPSA) is 55.6 Å². The Bertz CT molecular complexity index is 197. The molecule has 0 saturated carbocycles. The molecular weight excluding hydrogens is 192 g/mol. The van der Waals surface area contributed by atoms with Crippen molar-refractivity contribution in [3.8, 4) is 0 Å². The Morgan fingerprint density at radius 1 is 1.47 bits per heavy atom. The minimum absolute atomic E-state index is 0.00273. The van der Waals surface area contributed by atoms with Crippen LogP contribution in [0.4, 0.5) is 0 Å². The van der Waals surface area contributed by atoms with Gasteiger partial charge in [-0.1, -0.05) is 6.42 Å². The first-order valence-corrected chi connectivity index (χ1v) is 5.87. The van der Waals surface area contributed by atoms with Gasteiger partial charge in [-0.25, -0.2) is 0 Å². The van der Waals surface area contributed by atoms with Gasteiger partial charge in [0.05, 0.1) is 6.10 Å². The van der Waals surface area contributed by atoms with Crippen molar-refractivity contribution in [2.75, 3.05) is 26.2 Å². The standard InChI is InChI=1S/C11H22N2O2/c1-2-15-10(8-12)9-13-7-5-3-4-6-11(13)14/h10H,2-9,12H2,1H3. The summed E-state index contributed by atoms with van der Waals surface area (Å²) in [4.78, 5) is 13.6. The molecular formula is C11H22N2O2. The summed E-state index contributed by atoms with van der Waals surface area (Å²) in [6.07, 6.45) is 3.97. The first kappa shape index (κ1) is 12.5.